The van der Waals surface area contributed by atoms with Crippen molar-refractivity contribution in [2.45, 2.75) is 32.7 Å². The summed E-state index contributed by atoms with van der Waals surface area (Å²) in [5.74, 6) is -1.23. The average molecular weight is 537 g/mol. The number of pyridine rings is 3. The Morgan fingerprint density at radius 3 is 2.32 bits per heavy atom. The highest BCUT2D eigenvalue weighted by Crippen LogP contribution is 2.34. The molecule has 4 aromatic rings. The first kappa shape index (κ1) is 26.7. The van der Waals surface area contributed by atoms with Crippen LogP contribution in [0.25, 0.3) is 11.3 Å². The Bertz CT molecular complexity index is 1630. The molecule has 9 nitrogen and oxygen atoms in total. The van der Waals surface area contributed by atoms with Crippen LogP contribution in [0.15, 0.2) is 59.8 Å². The van der Waals surface area contributed by atoms with Crippen molar-refractivity contribution in [1.82, 2.24) is 19.7 Å². The molecule has 0 aliphatic carbocycles. The maximum atomic E-state index is 14.0. The quantitative estimate of drug-likeness (QED) is 0.357. The molecule has 1 N–H and O–H groups in total. The highest BCUT2D eigenvalue weighted by Gasteiger charge is 2.25. The number of aryl methyl sites for hydroxylation is 4. The van der Waals surface area contributed by atoms with Crippen LogP contribution in [-0.2, 0) is 10.0 Å². The number of halogens is 1. The molecule has 0 radical (unpaired) electrons. The molecule has 0 saturated carbocycles. The number of methoxy groups -OCH3 is 1. The van der Waals surface area contributed by atoms with Crippen molar-refractivity contribution in [3.05, 3.63) is 88.5 Å². The van der Waals surface area contributed by atoms with Gasteiger partial charge in [-0.25, -0.2) is 24.1 Å². The summed E-state index contributed by atoms with van der Waals surface area (Å²) in [6.45, 7) is 7.25. The number of sulfonamides is 1. The first-order valence-corrected chi connectivity index (χ1v) is 12.9. The third-order valence-corrected chi connectivity index (χ3v) is 6.79. The van der Waals surface area contributed by atoms with Gasteiger partial charge in [0.15, 0.2) is 5.03 Å². The second-order valence-corrected chi connectivity index (χ2v) is 10.3. The average Bonchev–Trinajstić information content (AvgIpc) is 2.85. The second kappa shape index (κ2) is 10.5. The lowest BCUT2D eigenvalue weighted by molar-refractivity contribution is 0.0978. The Labute approximate surface area is 219 Å². The smallest absolute Gasteiger partial charge is 0.281 e. The van der Waals surface area contributed by atoms with Crippen LogP contribution in [0.4, 0.5) is 4.39 Å². The number of amides is 1. The van der Waals surface area contributed by atoms with E-state index in [9.17, 15) is 17.6 Å². The van der Waals surface area contributed by atoms with Crippen LogP contribution in [0.2, 0.25) is 0 Å². The Morgan fingerprint density at radius 1 is 0.947 bits per heavy atom. The Kier molecular flexibility index (Phi) is 7.40. The summed E-state index contributed by atoms with van der Waals surface area (Å²) in [6.07, 6.45) is 1.00. The van der Waals surface area contributed by atoms with E-state index in [0.29, 0.717) is 11.4 Å². The first-order valence-electron chi connectivity index (χ1n) is 11.5. The molecule has 3 heterocycles. The van der Waals surface area contributed by atoms with Gasteiger partial charge in [-0.15, -0.1) is 0 Å². The van der Waals surface area contributed by atoms with Gasteiger partial charge in [0.1, 0.15) is 17.1 Å². The molecule has 0 spiro atoms. The minimum atomic E-state index is -4.29. The molecule has 3 aromatic heterocycles. The number of nitrogens with zero attached hydrogens (tertiary/aromatic N) is 3. The molecule has 0 unspecified atom stereocenters. The third-order valence-electron chi connectivity index (χ3n) is 5.56. The molecule has 0 saturated heterocycles. The van der Waals surface area contributed by atoms with Crippen molar-refractivity contribution in [2.24, 2.45) is 0 Å². The number of nitrogens with one attached hydrogen (secondary N) is 1. The Balaban J connectivity index is 1.82. The van der Waals surface area contributed by atoms with Gasteiger partial charge in [0.05, 0.1) is 24.6 Å². The molecule has 1 aromatic carbocycles. The number of rotatable bonds is 7. The zero-order valence-electron chi connectivity index (χ0n) is 21.4. The maximum Gasteiger partial charge on any atom is 0.281 e. The highest BCUT2D eigenvalue weighted by atomic mass is 32.2. The zero-order chi connectivity index (χ0) is 27.6. The van der Waals surface area contributed by atoms with Crippen LogP contribution in [0, 0.1) is 33.5 Å². The van der Waals surface area contributed by atoms with E-state index in [-0.39, 0.29) is 33.6 Å². The summed E-state index contributed by atoms with van der Waals surface area (Å²) >= 11 is 0. The van der Waals surface area contributed by atoms with Crippen LogP contribution >= 0.6 is 0 Å². The van der Waals surface area contributed by atoms with Crippen LogP contribution in [-0.4, -0.2) is 36.4 Å². The molecular formula is C27H25FN4O5S. The third kappa shape index (κ3) is 5.62. The van der Waals surface area contributed by atoms with Crippen molar-refractivity contribution in [3.8, 4) is 28.8 Å². The van der Waals surface area contributed by atoms with E-state index in [2.05, 4.69) is 15.0 Å². The van der Waals surface area contributed by atoms with Crippen LogP contribution in [0.5, 0.6) is 17.5 Å². The molecular weight excluding hydrogens is 511 g/mol. The van der Waals surface area contributed by atoms with E-state index in [1.165, 1.54) is 37.4 Å². The Morgan fingerprint density at radius 2 is 1.66 bits per heavy atom. The van der Waals surface area contributed by atoms with Crippen molar-refractivity contribution < 1.29 is 27.1 Å². The molecule has 196 valence electrons. The number of hydrogen-bond acceptors (Lipinski definition) is 8. The number of carbonyl (C=O) groups is 1. The SMILES string of the molecule is COc1ncc(F)cc1-c1ccc(C(=O)NS(=O)(=O)c2cccc(C)n2)c(Oc2c(C)cc(C)cc2C)n1. The summed E-state index contributed by atoms with van der Waals surface area (Å²) < 4.78 is 53.2. The fraction of sp³-hybridized carbons (Fsp3) is 0.185. The van der Waals surface area contributed by atoms with E-state index in [1.54, 1.807) is 13.0 Å². The minimum Gasteiger partial charge on any atom is -0.481 e. The maximum absolute atomic E-state index is 14.0. The second-order valence-electron chi connectivity index (χ2n) is 8.64. The van der Waals surface area contributed by atoms with E-state index < -0.39 is 21.7 Å². The summed E-state index contributed by atoms with van der Waals surface area (Å²) in [5.41, 5.74) is 3.31. The molecule has 11 heteroatoms. The summed E-state index contributed by atoms with van der Waals surface area (Å²) in [7, 11) is -2.91. The fourth-order valence-electron chi connectivity index (χ4n) is 3.94. The van der Waals surface area contributed by atoms with Gasteiger partial charge >= 0.3 is 0 Å². The van der Waals surface area contributed by atoms with Gasteiger partial charge < -0.3 is 9.47 Å². The van der Waals surface area contributed by atoms with Gasteiger partial charge in [-0.2, -0.15) is 8.42 Å². The van der Waals surface area contributed by atoms with Crippen molar-refractivity contribution >= 4 is 15.9 Å². The molecule has 0 fully saturated rings. The summed E-state index contributed by atoms with van der Waals surface area (Å²) in [6, 6.07) is 12.2. The predicted octanol–water partition coefficient (Wildman–Crippen LogP) is 4.83. The van der Waals surface area contributed by atoms with Gasteiger partial charge in [0.2, 0.25) is 11.8 Å². The molecule has 0 atom stereocenters. The van der Waals surface area contributed by atoms with Crippen molar-refractivity contribution in [1.29, 1.82) is 0 Å². The van der Waals surface area contributed by atoms with E-state index in [4.69, 9.17) is 9.47 Å². The Hall–Kier alpha value is -4.38. The normalized spacial score (nSPS) is 11.2. The number of hydrogen-bond donors (Lipinski definition) is 1. The number of ether oxygens (including phenoxy) is 2. The predicted molar refractivity (Wildman–Crippen MR) is 138 cm³/mol. The first-order chi connectivity index (χ1) is 18.0. The summed E-state index contributed by atoms with van der Waals surface area (Å²) in [4.78, 5) is 25.6. The summed E-state index contributed by atoms with van der Waals surface area (Å²) in [5, 5.41) is -0.307. The molecule has 0 bridgehead atoms. The number of benzene rings is 1. The largest absolute Gasteiger partial charge is 0.481 e. The number of carbonyl (C=O) groups excluding carboxylic acids is 1. The molecule has 38 heavy (non-hydrogen) atoms. The topological polar surface area (TPSA) is 120 Å². The fourth-order valence-corrected chi connectivity index (χ4v) is 4.92. The van der Waals surface area contributed by atoms with Crippen LogP contribution < -0.4 is 14.2 Å². The van der Waals surface area contributed by atoms with E-state index >= 15 is 0 Å². The zero-order valence-corrected chi connectivity index (χ0v) is 22.2. The molecule has 1 amide bonds. The van der Waals surface area contributed by atoms with Gasteiger partial charge in [-0.3, -0.25) is 4.79 Å². The standard InChI is InChI=1S/C27H25FN4O5S/c1-15-11-16(2)24(17(3)12-15)37-27-20(25(33)32-38(34,35)23-8-6-7-18(4)30-23)9-10-22(31-27)21-13-19(28)14-29-26(21)36-5/h6-14H,1-5H3,(H,32,33). The number of aromatic nitrogens is 3. The van der Waals surface area contributed by atoms with Crippen molar-refractivity contribution in [3.63, 3.8) is 0 Å². The molecule has 0 aliphatic rings. The van der Waals surface area contributed by atoms with Gasteiger partial charge in [0, 0.05) is 5.69 Å². The van der Waals surface area contributed by atoms with Crippen LogP contribution in [0.1, 0.15) is 32.7 Å². The lowest BCUT2D eigenvalue weighted by Gasteiger charge is -2.16. The van der Waals surface area contributed by atoms with Crippen LogP contribution in [0.3, 0.4) is 0 Å². The highest BCUT2D eigenvalue weighted by molar-refractivity contribution is 7.90. The lowest BCUT2D eigenvalue weighted by atomic mass is 10.1. The van der Waals surface area contributed by atoms with E-state index in [1.807, 2.05) is 37.6 Å². The molecule has 4 rings (SSSR count). The monoisotopic (exact) mass is 536 g/mol. The van der Waals surface area contributed by atoms with E-state index in [0.717, 1.165) is 22.9 Å². The van der Waals surface area contributed by atoms with Crippen molar-refractivity contribution in [2.75, 3.05) is 7.11 Å². The minimum absolute atomic E-state index is 0.109. The van der Waals surface area contributed by atoms with Gasteiger partial charge in [0.25, 0.3) is 15.9 Å². The molecule has 0 aliphatic heterocycles. The van der Waals surface area contributed by atoms with Gasteiger partial charge in [-0.1, -0.05) is 23.8 Å². The van der Waals surface area contributed by atoms with Gasteiger partial charge in [-0.05, 0) is 69.2 Å². The lowest BCUT2D eigenvalue weighted by Crippen LogP contribution is -2.31.